The molecule has 0 aliphatic carbocycles. The molecule has 0 bridgehead atoms. The minimum Gasteiger partial charge on any atom is -0.375 e. The first-order valence-electron chi connectivity index (χ1n) is 11.0. The van der Waals surface area contributed by atoms with E-state index in [0.717, 1.165) is 25.9 Å². The van der Waals surface area contributed by atoms with Crippen molar-refractivity contribution < 1.29 is 18.0 Å². The van der Waals surface area contributed by atoms with Gasteiger partial charge in [0, 0.05) is 27.9 Å². The average Bonchev–Trinajstić information content (AvgIpc) is 2.67. The van der Waals surface area contributed by atoms with Crippen LogP contribution in [0.4, 0.5) is 0 Å². The summed E-state index contributed by atoms with van der Waals surface area (Å²) in [5, 5.41) is 0. The monoisotopic (exact) mass is 390 g/mol. The van der Waals surface area contributed by atoms with Crippen molar-refractivity contribution in [2.24, 2.45) is 0 Å². The van der Waals surface area contributed by atoms with Gasteiger partial charge < -0.3 is 18.0 Å². The van der Waals surface area contributed by atoms with Gasteiger partial charge in [-0.2, -0.15) is 0 Å². The second kappa shape index (κ2) is 18.4. The van der Waals surface area contributed by atoms with Crippen molar-refractivity contribution in [3.05, 3.63) is 0 Å². The van der Waals surface area contributed by atoms with Gasteiger partial charge in [0.05, 0.1) is 0 Å². The largest absolute Gasteiger partial charge is 0.530 e. The standard InChI is InChI=1S/C21H46O4Si/c1-6-8-10-12-14-15-17-19-21(26(22-3,23-4)24-5)25-20-18-16-13-11-9-7-2/h21H,6-20H2,1-5H3. The van der Waals surface area contributed by atoms with Gasteiger partial charge >= 0.3 is 8.80 Å². The van der Waals surface area contributed by atoms with Crippen LogP contribution in [0.3, 0.4) is 0 Å². The Labute approximate surface area is 164 Å². The average molecular weight is 391 g/mol. The zero-order valence-corrected chi connectivity index (χ0v) is 19.3. The lowest BCUT2D eigenvalue weighted by molar-refractivity contribution is 0.00710. The Morgan fingerprint density at radius 1 is 0.577 bits per heavy atom. The molecule has 0 N–H and O–H groups in total. The van der Waals surface area contributed by atoms with Crippen LogP contribution in [0.25, 0.3) is 0 Å². The first-order valence-corrected chi connectivity index (χ1v) is 12.8. The maximum Gasteiger partial charge on any atom is 0.530 e. The number of rotatable bonds is 20. The highest BCUT2D eigenvalue weighted by molar-refractivity contribution is 6.62. The molecule has 26 heavy (non-hydrogen) atoms. The third-order valence-corrected chi connectivity index (χ3v) is 8.09. The lowest BCUT2D eigenvalue weighted by Gasteiger charge is -2.32. The molecule has 0 heterocycles. The molecular weight excluding hydrogens is 344 g/mol. The Kier molecular flexibility index (Phi) is 18.5. The summed E-state index contributed by atoms with van der Waals surface area (Å²) in [6.45, 7) is 5.29. The van der Waals surface area contributed by atoms with Crippen LogP contribution >= 0.6 is 0 Å². The molecular formula is C21H46O4Si. The van der Waals surface area contributed by atoms with Crippen molar-refractivity contribution in [1.29, 1.82) is 0 Å². The topological polar surface area (TPSA) is 36.9 Å². The molecule has 0 fully saturated rings. The zero-order chi connectivity index (χ0) is 19.5. The Hall–Kier alpha value is 0.0569. The molecule has 0 aromatic rings. The quantitative estimate of drug-likeness (QED) is 0.181. The highest BCUT2D eigenvalue weighted by atomic mass is 28.4. The molecule has 1 atom stereocenters. The van der Waals surface area contributed by atoms with E-state index in [4.69, 9.17) is 18.0 Å². The third kappa shape index (κ3) is 11.7. The molecule has 4 nitrogen and oxygen atoms in total. The van der Waals surface area contributed by atoms with E-state index in [2.05, 4.69) is 13.8 Å². The molecule has 0 amide bonds. The first kappa shape index (κ1) is 26.1. The molecule has 158 valence electrons. The molecule has 0 saturated carbocycles. The van der Waals surface area contributed by atoms with Crippen LogP contribution in [-0.4, -0.2) is 42.5 Å². The minimum atomic E-state index is -2.73. The molecule has 0 saturated heterocycles. The Morgan fingerprint density at radius 3 is 1.46 bits per heavy atom. The van der Waals surface area contributed by atoms with Crippen molar-refractivity contribution in [1.82, 2.24) is 0 Å². The Morgan fingerprint density at radius 2 is 1.00 bits per heavy atom. The molecule has 0 aromatic carbocycles. The fourth-order valence-electron chi connectivity index (χ4n) is 3.40. The van der Waals surface area contributed by atoms with Gasteiger partial charge in [0.1, 0.15) is 5.73 Å². The summed E-state index contributed by atoms with van der Waals surface area (Å²) in [4.78, 5) is 0. The summed E-state index contributed by atoms with van der Waals surface area (Å²) >= 11 is 0. The Balaban J connectivity index is 4.22. The molecule has 0 aromatic heterocycles. The maximum atomic E-state index is 6.22. The first-order chi connectivity index (χ1) is 12.7. The molecule has 5 heteroatoms. The third-order valence-electron chi connectivity index (χ3n) is 5.13. The van der Waals surface area contributed by atoms with Crippen molar-refractivity contribution in [2.75, 3.05) is 27.9 Å². The van der Waals surface area contributed by atoms with E-state index in [0.29, 0.717) is 0 Å². The molecule has 0 aliphatic rings. The molecule has 0 spiro atoms. The zero-order valence-electron chi connectivity index (χ0n) is 18.3. The van der Waals surface area contributed by atoms with Gasteiger partial charge in [-0.05, 0) is 12.8 Å². The normalized spacial score (nSPS) is 13.3. The van der Waals surface area contributed by atoms with Crippen LogP contribution < -0.4 is 0 Å². The lowest BCUT2D eigenvalue weighted by atomic mass is 10.1. The van der Waals surface area contributed by atoms with Crippen LogP contribution in [0.5, 0.6) is 0 Å². The van der Waals surface area contributed by atoms with Crippen LogP contribution in [0.15, 0.2) is 0 Å². The second-order valence-electron chi connectivity index (χ2n) is 7.25. The van der Waals surface area contributed by atoms with E-state index in [-0.39, 0.29) is 5.73 Å². The van der Waals surface area contributed by atoms with Gasteiger partial charge in [-0.15, -0.1) is 0 Å². The van der Waals surface area contributed by atoms with Gasteiger partial charge in [-0.25, -0.2) is 0 Å². The van der Waals surface area contributed by atoms with E-state index in [1.165, 1.54) is 70.6 Å². The molecule has 0 rings (SSSR count). The van der Waals surface area contributed by atoms with Crippen molar-refractivity contribution >= 4 is 8.80 Å². The molecule has 0 aliphatic heterocycles. The number of ether oxygens (including phenoxy) is 1. The number of hydrogen-bond acceptors (Lipinski definition) is 4. The van der Waals surface area contributed by atoms with Crippen molar-refractivity contribution in [2.45, 2.75) is 109 Å². The van der Waals surface area contributed by atoms with Crippen LogP contribution in [0.2, 0.25) is 0 Å². The van der Waals surface area contributed by atoms with Gasteiger partial charge in [-0.3, -0.25) is 0 Å². The summed E-state index contributed by atoms with van der Waals surface area (Å²) in [6.07, 6.45) is 17.7. The molecule has 0 radical (unpaired) electrons. The predicted octanol–water partition coefficient (Wildman–Crippen LogP) is 6.29. The van der Waals surface area contributed by atoms with Gasteiger partial charge in [0.15, 0.2) is 0 Å². The van der Waals surface area contributed by atoms with E-state index >= 15 is 0 Å². The second-order valence-corrected chi connectivity index (χ2v) is 10.3. The van der Waals surface area contributed by atoms with Gasteiger partial charge in [-0.1, -0.05) is 90.9 Å². The van der Waals surface area contributed by atoms with Gasteiger partial charge in [0.2, 0.25) is 0 Å². The fraction of sp³-hybridized carbons (Fsp3) is 1.00. The lowest BCUT2D eigenvalue weighted by Crippen LogP contribution is -2.55. The summed E-state index contributed by atoms with van der Waals surface area (Å²) in [6, 6.07) is 0. The highest BCUT2D eigenvalue weighted by Crippen LogP contribution is 2.22. The highest BCUT2D eigenvalue weighted by Gasteiger charge is 2.48. The maximum absolute atomic E-state index is 6.22. The summed E-state index contributed by atoms with van der Waals surface area (Å²) < 4.78 is 23.3. The fourth-order valence-corrected chi connectivity index (χ4v) is 5.57. The number of unbranched alkanes of at least 4 members (excludes halogenated alkanes) is 11. The van der Waals surface area contributed by atoms with Crippen LogP contribution in [0.1, 0.15) is 104 Å². The van der Waals surface area contributed by atoms with E-state index < -0.39 is 8.80 Å². The predicted molar refractivity (Wildman–Crippen MR) is 113 cm³/mol. The Bertz CT molecular complexity index is 259. The van der Waals surface area contributed by atoms with Crippen molar-refractivity contribution in [3.63, 3.8) is 0 Å². The summed E-state index contributed by atoms with van der Waals surface area (Å²) in [5.41, 5.74) is -0.0474. The SMILES string of the molecule is CCCCCCCCCC(OCCCCCCCC)[Si](OC)(OC)OC. The minimum absolute atomic E-state index is 0.0474. The van der Waals surface area contributed by atoms with Gasteiger partial charge in [0.25, 0.3) is 0 Å². The van der Waals surface area contributed by atoms with E-state index in [1.54, 1.807) is 21.3 Å². The van der Waals surface area contributed by atoms with E-state index in [1.807, 2.05) is 0 Å². The van der Waals surface area contributed by atoms with Crippen molar-refractivity contribution in [3.8, 4) is 0 Å². The summed E-state index contributed by atoms with van der Waals surface area (Å²) in [5.74, 6) is 0. The van der Waals surface area contributed by atoms with Crippen LogP contribution in [0, 0.1) is 0 Å². The van der Waals surface area contributed by atoms with Crippen LogP contribution in [-0.2, 0) is 18.0 Å². The molecule has 1 unspecified atom stereocenters. The summed E-state index contributed by atoms with van der Waals surface area (Å²) in [7, 11) is 2.33. The smallest absolute Gasteiger partial charge is 0.375 e. The van der Waals surface area contributed by atoms with E-state index in [9.17, 15) is 0 Å². The number of hydrogen-bond donors (Lipinski definition) is 0.